The van der Waals surface area contributed by atoms with Crippen molar-refractivity contribution in [3.05, 3.63) is 65.2 Å². The summed E-state index contributed by atoms with van der Waals surface area (Å²) in [6.07, 6.45) is 2.56. The summed E-state index contributed by atoms with van der Waals surface area (Å²) in [5.74, 6) is -0.154. The first-order valence-electron chi connectivity index (χ1n) is 8.86. The Hall–Kier alpha value is -2.66. The maximum absolute atomic E-state index is 12.4. The van der Waals surface area contributed by atoms with E-state index in [9.17, 15) is 4.79 Å². The first kappa shape index (κ1) is 18.1. The van der Waals surface area contributed by atoms with Gasteiger partial charge in [-0.15, -0.1) is 0 Å². The van der Waals surface area contributed by atoms with Gasteiger partial charge in [0.2, 0.25) is 0 Å². The molecule has 0 heterocycles. The van der Waals surface area contributed by atoms with E-state index in [-0.39, 0.29) is 5.91 Å². The van der Waals surface area contributed by atoms with Crippen LogP contribution in [0.4, 0.5) is 11.4 Å². The van der Waals surface area contributed by atoms with Crippen molar-refractivity contribution in [3.8, 4) is 0 Å². The highest BCUT2D eigenvalue weighted by Crippen LogP contribution is 2.24. The minimum absolute atomic E-state index is 0.154. The maximum atomic E-state index is 12.4. The van der Waals surface area contributed by atoms with E-state index in [1.807, 2.05) is 42.5 Å². The van der Waals surface area contributed by atoms with E-state index in [1.165, 1.54) is 11.3 Å². The highest BCUT2D eigenvalue weighted by molar-refractivity contribution is 7.80. The van der Waals surface area contributed by atoms with Gasteiger partial charge in [-0.25, -0.2) is 0 Å². The molecular formula is C21H23N3OS. The molecule has 1 amide bonds. The van der Waals surface area contributed by atoms with E-state index in [4.69, 9.17) is 12.2 Å². The van der Waals surface area contributed by atoms with Gasteiger partial charge < -0.3 is 10.2 Å². The quantitative estimate of drug-likeness (QED) is 0.787. The zero-order valence-corrected chi connectivity index (χ0v) is 15.9. The average Bonchev–Trinajstić information content (AvgIpc) is 3.08. The molecule has 0 fully saturated rings. The molecule has 134 valence electrons. The Morgan fingerprint density at radius 3 is 2.42 bits per heavy atom. The lowest BCUT2D eigenvalue weighted by Gasteiger charge is -2.21. The summed E-state index contributed by atoms with van der Waals surface area (Å²) in [6, 6.07) is 16.1. The number of carbonyl (C=O) groups excluding carboxylic acids is 1. The second kappa shape index (κ2) is 8.15. The lowest BCUT2D eigenvalue weighted by atomic mass is 10.1. The van der Waals surface area contributed by atoms with Crippen molar-refractivity contribution in [3.63, 3.8) is 0 Å². The van der Waals surface area contributed by atoms with Crippen molar-refractivity contribution < 1.29 is 4.79 Å². The highest BCUT2D eigenvalue weighted by atomic mass is 32.1. The van der Waals surface area contributed by atoms with Gasteiger partial charge in [-0.1, -0.05) is 24.3 Å². The fourth-order valence-corrected chi connectivity index (χ4v) is 3.33. The summed E-state index contributed by atoms with van der Waals surface area (Å²) >= 11 is 5.28. The molecule has 0 bridgehead atoms. The van der Waals surface area contributed by atoms with Gasteiger partial charge in [0.1, 0.15) is 0 Å². The lowest BCUT2D eigenvalue weighted by molar-refractivity contribution is -0.116. The molecule has 26 heavy (non-hydrogen) atoms. The van der Waals surface area contributed by atoms with E-state index in [2.05, 4.69) is 41.5 Å². The van der Waals surface area contributed by atoms with Crippen molar-refractivity contribution in [1.29, 1.82) is 0 Å². The molecule has 0 saturated carbocycles. The van der Waals surface area contributed by atoms with E-state index < -0.39 is 0 Å². The highest BCUT2D eigenvalue weighted by Gasteiger charge is 2.18. The third-order valence-corrected chi connectivity index (χ3v) is 4.74. The lowest BCUT2D eigenvalue weighted by Crippen LogP contribution is -2.35. The molecule has 1 aliphatic rings. The van der Waals surface area contributed by atoms with E-state index >= 15 is 0 Å². The molecule has 1 aliphatic carbocycles. The summed E-state index contributed by atoms with van der Waals surface area (Å²) < 4.78 is 0. The summed E-state index contributed by atoms with van der Waals surface area (Å²) in [5, 5.41) is 6.15. The van der Waals surface area contributed by atoms with Crippen LogP contribution in [-0.2, 0) is 11.2 Å². The minimum Gasteiger partial charge on any atom is -0.372 e. The van der Waals surface area contributed by atoms with Gasteiger partial charge in [0.25, 0.3) is 5.91 Å². The third kappa shape index (κ3) is 4.11. The van der Waals surface area contributed by atoms with Crippen molar-refractivity contribution in [2.45, 2.75) is 20.3 Å². The molecule has 4 nitrogen and oxygen atoms in total. The zero-order chi connectivity index (χ0) is 18.5. The molecule has 5 heteroatoms. The Morgan fingerprint density at radius 2 is 1.77 bits per heavy atom. The van der Waals surface area contributed by atoms with Gasteiger partial charge >= 0.3 is 0 Å². The van der Waals surface area contributed by atoms with Crippen LogP contribution >= 0.6 is 12.2 Å². The topological polar surface area (TPSA) is 44.4 Å². The molecule has 0 saturated heterocycles. The number of nitrogens with zero attached hydrogens (tertiary/aromatic N) is 1. The van der Waals surface area contributed by atoms with E-state index in [1.54, 1.807) is 0 Å². The number of carbonyl (C=O) groups is 1. The molecule has 0 aromatic heterocycles. The molecule has 0 atom stereocenters. The second-order valence-electron chi connectivity index (χ2n) is 6.17. The number of hydrogen-bond acceptors (Lipinski definition) is 3. The SMILES string of the molecule is CCN(CC)c1ccc(NC(=S)NC(=O)C2=Cc3ccccc3C2)cc1. The zero-order valence-electron chi connectivity index (χ0n) is 15.1. The normalized spacial score (nSPS) is 12.2. The van der Waals surface area contributed by atoms with Crippen LogP contribution < -0.4 is 15.5 Å². The fourth-order valence-electron chi connectivity index (χ4n) is 3.12. The van der Waals surface area contributed by atoms with Crippen LogP contribution in [0.5, 0.6) is 0 Å². The monoisotopic (exact) mass is 365 g/mol. The van der Waals surface area contributed by atoms with Gasteiger partial charge in [0, 0.05) is 36.5 Å². The van der Waals surface area contributed by atoms with Gasteiger partial charge in [-0.05, 0) is 67.5 Å². The van der Waals surface area contributed by atoms with E-state index in [0.29, 0.717) is 11.5 Å². The molecule has 2 N–H and O–H groups in total. The number of rotatable bonds is 5. The molecule has 0 spiro atoms. The number of anilines is 2. The average molecular weight is 366 g/mol. The van der Waals surface area contributed by atoms with Gasteiger partial charge in [0.15, 0.2) is 5.11 Å². The van der Waals surface area contributed by atoms with Gasteiger partial charge in [-0.3, -0.25) is 10.1 Å². The Labute approximate surface area is 159 Å². The molecule has 2 aromatic rings. The van der Waals surface area contributed by atoms with Gasteiger partial charge in [0.05, 0.1) is 0 Å². The Balaban J connectivity index is 1.57. The number of thiocarbonyl (C=S) groups is 1. The predicted octanol–water partition coefficient (Wildman–Crippen LogP) is 3.99. The first-order chi connectivity index (χ1) is 12.6. The number of amides is 1. The van der Waals surface area contributed by atoms with Gasteiger partial charge in [-0.2, -0.15) is 0 Å². The van der Waals surface area contributed by atoms with Crippen LogP contribution in [-0.4, -0.2) is 24.1 Å². The summed E-state index contributed by atoms with van der Waals surface area (Å²) in [4.78, 5) is 14.7. The van der Waals surface area contributed by atoms with Crippen LogP contribution in [0.3, 0.4) is 0 Å². The standard InChI is InChI=1S/C21H23N3OS/c1-3-24(4-2)19-11-9-18(10-12-19)22-21(26)23-20(25)17-13-15-7-5-6-8-16(15)14-17/h5-13H,3-4,14H2,1-2H3,(H2,22,23,25,26). The Morgan fingerprint density at radius 1 is 1.08 bits per heavy atom. The van der Waals surface area contributed by atoms with Crippen LogP contribution in [0, 0.1) is 0 Å². The largest absolute Gasteiger partial charge is 0.372 e. The smallest absolute Gasteiger partial charge is 0.253 e. The molecule has 2 aromatic carbocycles. The van der Waals surface area contributed by atoms with Crippen LogP contribution in [0.1, 0.15) is 25.0 Å². The number of fused-ring (bicyclic) bond motifs is 1. The van der Waals surface area contributed by atoms with Crippen LogP contribution in [0.15, 0.2) is 54.1 Å². The molecule has 0 radical (unpaired) electrons. The van der Waals surface area contributed by atoms with E-state index in [0.717, 1.165) is 29.9 Å². The molecular weight excluding hydrogens is 342 g/mol. The Kier molecular flexibility index (Phi) is 5.68. The first-order valence-corrected chi connectivity index (χ1v) is 9.27. The second-order valence-corrected chi connectivity index (χ2v) is 6.58. The molecule has 0 unspecified atom stereocenters. The predicted molar refractivity (Wildman–Crippen MR) is 112 cm³/mol. The number of benzene rings is 2. The maximum Gasteiger partial charge on any atom is 0.253 e. The van der Waals surface area contributed by atoms with Crippen LogP contribution in [0.25, 0.3) is 6.08 Å². The van der Waals surface area contributed by atoms with Crippen molar-refractivity contribution in [2.24, 2.45) is 0 Å². The summed E-state index contributed by atoms with van der Waals surface area (Å²) in [5.41, 5.74) is 5.03. The number of nitrogens with one attached hydrogen (secondary N) is 2. The van der Waals surface area contributed by atoms with Crippen LogP contribution in [0.2, 0.25) is 0 Å². The number of hydrogen-bond donors (Lipinski definition) is 2. The summed E-state index contributed by atoms with van der Waals surface area (Å²) in [6.45, 7) is 6.21. The molecule has 3 rings (SSSR count). The fraction of sp³-hybridized carbons (Fsp3) is 0.238. The summed E-state index contributed by atoms with van der Waals surface area (Å²) in [7, 11) is 0. The minimum atomic E-state index is -0.154. The third-order valence-electron chi connectivity index (χ3n) is 4.54. The molecule has 0 aliphatic heterocycles. The van der Waals surface area contributed by atoms with Crippen molar-refractivity contribution in [1.82, 2.24) is 5.32 Å². The Bertz CT molecular complexity index is 839. The van der Waals surface area contributed by atoms with Crippen molar-refractivity contribution in [2.75, 3.05) is 23.3 Å². The van der Waals surface area contributed by atoms with Crippen molar-refractivity contribution >= 4 is 40.7 Å².